The van der Waals surface area contributed by atoms with E-state index in [1.165, 1.54) is 23.9 Å². The first kappa shape index (κ1) is 12.8. The van der Waals surface area contributed by atoms with Crippen molar-refractivity contribution in [2.45, 2.75) is 17.4 Å². The molecule has 5 heteroatoms. The number of carbonyl (C=O) groups is 1. The molecule has 1 aliphatic rings. The van der Waals surface area contributed by atoms with Crippen molar-refractivity contribution >= 4 is 29.4 Å². The van der Waals surface area contributed by atoms with E-state index in [-0.39, 0.29) is 17.8 Å². The topological polar surface area (TPSA) is 29.1 Å². The molecule has 0 spiro atoms. The Balaban J connectivity index is 2.16. The fourth-order valence-electron chi connectivity index (χ4n) is 1.88. The van der Waals surface area contributed by atoms with Crippen molar-refractivity contribution in [1.29, 1.82) is 0 Å². The van der Waals surface area contributed by atoms with Gasteiger partial charge in [-0.2, -0.15) is 11.8 Å². The number of rotatable bonds is 3. The Morgan fingerprint density at radius 1 is 1.65 bits per heavy atom. The average Bonchev–Trinajstić information content (AvgIpc) is 2.30. The minimum atomic E-state index is -0.240. The van der Waals surface area contributed by atoms with E-state index in [1.807, 2.05) is 6.26 Å². The lowest BCUT2D eigenvalue weighted by Gasteiger charge is -2.25. The van der Waals surface area contributed by atoms with Gasteiger partial charge < -0.3 is 5.32 Å². The lowest BCUT2D eigenvalue weighted by atomic mass is 10.0. The van der Waals surface area contributed by atoms with Crippen LogP contribution in [0.4, 0.5) is 4.39 Å². The quantitative estimate of drug-likeness (QED) is 0.916. The monoisotopic (exact) mass is 271 g/mol. The van der Waals surface area contributed by atoms with Crippen LogP contribution in [0.2, 0.25) is 0 Å². The molecule has 2 rings (SSSR count). The maximum atomic E-state index is 13.2. The Morgan fingerprint density at radius 3 is 3.24 bits per heavy atom. The number of halogens is 1. The first-order valence-electron chi connectivity index (χ1n) is 5.41. The first-order chi connectivity index (χ1) is 8.20. The van der Waals surface area contributed by atoms with Gasteiger partial charge in [-0.05, 0) is 36.4 Å². The summed E-state index contributed by atoms with van der Waals surface area (Å²) < 4.78 is 13.2. The predicted molar refractivity (Wildman–Crippen MR) is 71.0 cm³/mol. The molecule has 0 aromatic heterocycles. The van der Waals surface area contributed by atoms with Crippen molar-refractivity contribution in [1.82, 2.24) is 5.32 Å². The number of hydrogen-bond donors (Lipinski definition) is 1. The highest BCUT2D eigenvalue weighted by Gasteiger charge is 2.22. The highest BCUT2D eigenvalue weighted by Crippen LogP contribution is 2.36. The van der Waals surface area contributed by atoms with Crippen LogP contribution < -0.4 is 5.32 Å². The van der Waals surface area contributed by atoms with Crippen LogP contribution in [0.1, 0.15) is 18.0 Å². The van der Waals surface area contributed by atoms with Gasteiger partial charge in [-0.1, -0.05) is 0 Å². The molecule has 1 aromatic rings. The van der Waals surface area contributed by atoms with E-state index in [9.17, 15) is 9.18 Å². The van der Waals surface area contributed by atoms with E-state index in [1.54, 1.807) is 17.8 Å². The fourth-order valence-corrected chi connectivity index (χ4v) is 3.33. The molecule has 1 aliphatic heterocycles. The molecule has 0 saturated carbocycles. The van der Waals surface area contributed by atoms with Gasteiger partial charge in [0.15, 0.2) is 0 Å². The van der Waals surface area contributed by atoms with Crippen LogP contribution in [0, 0.1) is 5.82 Å². The second-order valence-electron chi connectivity index (χ2n) is 3.87. The van der Waals surface area contributed by atoms with Crippen LogP contribution in [-0.2, 0) is 4.79 Å². The molecule has 0 aliphatic carbocycles. The van der Waals surface area contributed by atoms with Gasteiger partial charge in [-0.3, -0.25) is 4.79 Å². The lowest BCUT2D eigenvalue weighted by Crippen LogP contribution is -2.31. The lowest BCUT2D eigenvalue weighted by molar-refractivity contribution is -0.119. The molecule has 92 valence electrons. The average molecular weight is 271 g/mol. The zero-order chi connectivity index (χ0) is 12.3. The summed E-state index contributed by atoms with van der Waals surface area (Å²) in [5, 5.41) is 2.96. The SMILES string of the molecule is CSCC(=O)NC1CCSc2ccc(F)cc21. The van der Waals surface area contributed by atoms with Gasteiger partial charge >= 0.3 is 0 Å². The summed E-state index contributed by atoms with van der Waals surface area (Å²) in [4.78, 5) is 12.6. The van der Waals surface area contributed by atoms with Crippen LogP contribution in [0.5, 0.6) is 0 Å². The van der Waals surface area contributed by atoms with Crippen molar-refractivity contribution < 1.29 is 9.18 Å². The molecule has 1 N–H and O–H groups in total. The maximum absolute atomic E-state index is 13.2. The number of nitrogens with one attached hydrogen (secondary N) is 1. The number of benzene rings is 1. The van der Waals surface area contributed by atoms with E-state index in [0.29, 0.717) is 5.75 Å². The summed E-state index contributed by atoms with van der Waals surface area (Å²) in [6, 6.07) is 4.76. The third kappa shape index (κ3) is 3.16. The normalized spacial score (nSPS) is 18.6. The largest absolute Gasteiger partial charge is 0.349 e. The molecule has 0 bridgehead atoms. The standard InChI is InChI=1S/C12H14FNOS2/c1-16-7-12(15)14-10-4-5-17-11-3-2-8(13)6-9(10)11/h2-3,6,10H,4-5,7H2,1H3,(H,14,15). The van der Waals surface area contributed by atoms with E-state index < -0.39 is 0 Å². The Labute approximate surface area is 109 Å². The maximum Gasteiger partial charge on any atom is 0.230 e. The van der Waals surface area contributed by atoms with Crippen LogP contribution in [0.25, 0.3) is 0 Å². The second-order valence-corrected chi connectivity index (χ2v) is 5.88. The van der Waals surface area contributed by atoms with Crippen molar-refractivity contribution in [2.24, 2.45) is 0 Å². The van der Waals surface area contributed by atoms with Gasteiger partial charge in [0, 0.05) is 10.6 Å². The summed E-state index contributed by atoms with van der Waals surface area (Å²) in [5.41, 5.74) is 0.913. The third-order valence-corrected chi connectivity index (χ3v) is 4.30. The van der Waals surface area contributed by atoms with Crippen LogP contribution in [0.3, 0.4) is 0 Å². The molecular weight excluding hydrogens is 257 g/mol. The Morgan fingerprint density at radius 2 is 2.47 bits per heavy atom. The molecule has 1 aromatic carbocycles. The van der Waals surface area contributed by atoms with E-state index in [4.69, 9.17) is 0 Å². The zero-order valence-electron chi connectivity index (χ0n) is 9.53. The molecule has 0 fully saturated rings. The highest BCUT2D eigenvalue weighted by molar-refractivity contribution is 7.99. The molecule has 1 atom stereocenters. The number of amides is 1. The highest BCUT2D eigenvalue weighted by atomic mass is 32.2. The van der Waals surface area contributed by atoms with Gasteiger partial charge in [-0.15, -0.1) is 11.8 Å². The van der Waals surface area contributed by atoms with Crippen LogP contribution >= 0.6 is 23.5 Å². The Kier molecular flexibility index (Phi) is 4.34. The van der Waals surface area contributed by atoms with Gasteiger partial charge in [0.25, 0.3) is 0 Å². The Hall–Kier alpha value is -0.680. The molecule has 17 heavy (non-hydrogen) atoms. The summed E-state index contributed by atoms with van der Waals surface area (Å²) in [5.74, 6) is 1.19. The molecule has 1 unspecified atom stereocenters. The number of hydrogen-bond acceptors (Lipinski definition) is 3. The first-order valence-corrected chi connectivity index (χ1v) is 7.79. The van der Waals surface area contributed by atoms with E-state index >= 15 is 0 Å². The fraction of sp³-hybridized carbons (Fsp3) is 0.417. The van der Waals surface area contributed by atoms with Gasteiger partial charge in [0.2, 0.25) is 5.91 Å². The molecule has 2 nitrogen and oxygen atoms in total. The van der Waals surface area contributed by atoms with E-state index in [0.717, 1.165) is 22.6 Å². The smallest absolute Gasteiger partial charge is 0.230 e. The van der Waals surface area contributed by atoms with Crippen molar-refractivity contribution in [3.05, 3.63) is 29.6 Å². The molecule has 1 amide bonds. The van der Waals surface area contributed by atoms with Gasteiger partial charge in [-0.25, -0.2) is 4.39 Å². The van der Waals surface area contributed by atoms with Crippen molar-refractivity contribution in [3.8, 4) is 0 Å². The molecule has 0 saturated heterocycles. The predicted octanol–water partition coefficient (Wildman–Crippen LogP) is 2.84. The summed E-state index contributed by atoms with van der Waals surface area (Å²) in [6.45, 7) is 0. The van der Waals surface area contributed by atoms with Crippen molar-refractivity contribution in [2.75, 3.05) is 17.8 Å². The second kappa shape index (κ2) is 5.78. The van der Waals surface area contributed by atoms with Crippen LogP contribution in [-0.4, -0.2) is 23.7 Å². The number of carbonyl (C=O) groups excluding carboxylic acids is 1. The number of fused-ring (bicyclic) bond motifs is 1. The van der Waals surface area contributed by atoms with E-state index in [2.05, 4.69) is 5.32 Å². The third-order valence-electron chi connectivity index (χ3n) is 2.62. The summed E-state index contributed by atoms with van der Waals surface area (Å²) >= 11 is 3.21. The molecular formula is C12H14FNOS2. The van der Waals surface area contributed by atoms with Gasteiger partial charge in [0.1, 0.15) is 5.82 Å². The summed E-state index contributed by atoms with van der Waals surface area (Å²) in [7, 11) is 0. The molecule has 0 radical (unpaired) electrons. The van der Waals surface area contributed by atoms with Crippen LogP contribution in [0.15, 0.2) is 23.1 Å². The minimum Gasteiger partial charge on any atom is -0.349 e. The summed E-state index contributed by atoms with van der Waals surface area (Å²) in [6.07, 6.45) is 2.76. The molecule has 1 heterocycles. The van der Waals surface area contributed by atoms with Crippen molar-refractivity contribution in [3.63, 3.8) is 0 Å². The minimum absolute atomic E-state index is 0.0182. The number of thioether (sulfide) groups is 2. The zero-order valence-corrected chi connectivity index (χ0v) is 11.2. The Bertz CT molecular complexity index is 425. The van der Waals surface area contributed by atoms with Gasteiger partial charge in [0.05, 0.1) is 11.8 Å².